The van der Waals surface area contributed by atoms with Gasteiger partial charge in [0, 0.05) is 41.3 Å². The van der Waals surface area contributed by atoms with Crippen molar-refractivity contribution in [1.82, 2.24) is 14.7 Å². The Kier molecular flexibility index (Phi) is 17.3. The molecule has 2 saturated heterocycles. The van der Waals surface area contributed by atoms with Crippen LogP contribution in [0, 0.1) is 11.8 Å². The molecule has 2 aromatic rings. The van der Waals surface area contributed by atoms with E-state index in [4.69, 9.17) is 32.9 Å². The van der Waals surface area contributed by atoms with Gasteiger partial charge in [0.2, 0.25) is 5.91 Å². The summed E-state index contributed by atoms with van der Waals surface area (Å²) in [5, 5.41) is 2.15. The third-order valence-electron chi connectivity index (χ3n) is 9.54. The van der Waals surface area contributed by atoms with Gasteiger partial charge < -0.3 is 19.4 Å². The molecule has 53 heavy (non-hydrogen) atoms. The Balaban J connectivity index is 0.00000120. The molecule has 0 radical (unpaired) electrons. The summed E-state index contributed by atoms with van der Waals surface area (Å²) in [6.45, 7) is 26.5. The van der Waals surface area contributed by atoms with Crippen molar-refractivity contribution >= 4 is 51.9 Å². The van der Waals surface area contributed by atoms with Gasteiger partial charge in [0.1, 0.15) is 17.0 Å². The summed E-state index contributed by atoms with van der Waals surface area (Å²) >= 11 is 14.0. The molecule has 5 atom stereocenters. The van der Waals surface area contributed by atoms with E-state index in [1.54, 1.807) is 0 Å². The second-order valence-electron chi connectivity index (χ2n) is 14.5. The van der Waals surface area contributed by atoms with Gasteiger partial charge in [-0.2, -0.15) is 0 Å². The molecule has 3 unspecified atom stereocenters. The van der Waals surface area contributed by atoms with Gasteiger partial charge in [-0.1, -0.05) is 116 Å². The second kappa shape index (κ2) is 20.4. The van der Waals surface area contributed by atoms with E-state index >= 15 is 0 Å². The van der Waals surface area contributed by atoms with Crippen LogP contribution in [0.4, 0.5) is 0 Å². The van der Waals surface area contributed by atoms with Crippen LogP contribution in [0.1, 0.15) is 132 Å². The van der Waals surface area contributed by atoms with E-state index in [9.17, 15) is 9.59 Å². The van der Waals surface area contributed by atoms with E-state index < -0.39 is 6.04 Å². The van der Waals surface area contributed by atoms with Crippen LogP contribution in [-0.4, -0.2) is 69.1 Å². The Hall–Kier alpha value is -2.52. The molecule has 6 rings (SSSR count). The number of aliphatic imine (C=N–C) groups is 1. The Morgan fingerprint density at radius 2 is 1.47 bits per heavy atom. The third-order valence-corrected chi connectivity index (χ3v) is 11.1. The van der Waals surface area contributed by atoms with Crippen molar-refractivity contribution in [3.63, 3.8) is 0 Å². The largest absolute Gasteiger partial charge is 0.370 e. The molecule has 0 spiro atoms. The maximum absolute atomic E-state index is 14.6. The van der Waals surface area contributed by atoms with E-state index in [0.29, 0.717) is 46.9 Å². The van der Waals surface area contributed by atoms with Crippen molar-refractivity contribution in [2.75, 3.05) is 19.6 Å². The molecule has 2 aromatic carbocycles. The van der Waals surface area contributed by atoms with Crippen LogP contribution in [-0.2, 0) is 14.3 Å². The number of hydrogen-bond acceptors (Lipinski definition) is 6. The zero-order valence-corrected chi connectivity index (χ0v) is 36.5. The highest BCUT2D eigenvalue weighted by Crippen LogP contribution is 2.54. The van der Waals surface area contributed by atoms with Gasteiger partial charge in [0.15, 0.2) is 5.17 Å². The van der Waals surface area contributed by atoms with Gasteiger partial charge in [0.25, 0.3) is 5.91 Å². The number of nitrogens with zero attached hydrogens (tertiary/aromatic N) is 4. The molecule has 2 amide bonds. The first-order chi connectivity index (χ1) is 25.4. The monoisotopic (exact) mass is 786 g/mol. The summed E-state index contributed by atoms with van der Waals surface area (Å²) in [7, 11) is 0. The van der Waals surface area contributed by atoms with Crippen LogP contribution in [0.25, 0.3) is 0 Å². The van der Waals surface area contributed by atoms with Gasteiger partial charge >= 0.3 is 0 Å². The lowest BCUT2D eigenvalue weighted by Gasteiger charge is -2.32. The summed E-state index contributed by atoms with van der Waals surface area (Å²) in [5.74, 6) is 0.328. The number of amides is 2. The fourth-order valence-electron chi connectivity index (χ4n) is 7.56. The van der Waals surface area contributed by atoms with Crippen molar-refractivity contribution in [3.05, 3.63) is 80.3 Å². The van der Waals surface area contributed by atoms with Crippen molar-refractivity contribution in [2.45, 2.75) is 139 Å². The average molecular weight is 788 g/mol. The standard InChI is InChI=1S/C37H46Cl2N4O3S.3C2H6/c1-7-9-25-20-41(21-29(25)46-37(4,5)6)34(44)28-10-8-19-42(28)35(45)33-31(22(2)3)43-32(24-13-17-27(39)18-14-24)30(40-36(43)47-33)23-11-15-26(38)16-12-23;3*1-2/h11-18,22,25,28-30,32H,7-10,19-21H2,1-6H3;3*1-2H3/t25?,28?,29?,30-,32+;;;/m0.../s1. The zero-order valence-electron chi connectivity index (χ0n) is 34.2. The Labute approximate surface area is 334 Å². The minimum Gasteiger partial charge on any atom is -0.370 e. The number of hydrogen-bond donors (Lipinski definition) is 0. The van der Waals surface area contributed by atoms with Crippen molar-refractivity contribution in [3.8, 4) is 0 Å². The smallest absolute Gasteiger partial charge is 0.263 e. The lowest BCUT2D eigenvalue weighted by Crippen LogP contribution is -2.48. The van der Waals surface area contributed by atoms with Gasteiger partial charge in [-0.25, -0.2) is 0 Å². The SMILES string of the molecule is CC.CC.CC.CCCC1CN(C(=O)C2CCCN2C(=O)C2=C(C(C)C)N3C(=N[C@@H](c4ccc(Cl)cc4)[C@H]3c3ccc(Cl)cc3)S2)CC1OC(C)(C)C. The summed E-state index contributed by atoms with van der Waals surface area (Å²) in [4.78, 5) is 40.6. The quantitative estimate of drug-likeness (QED) is 0.267. The normalized spacial score (nSPS) is 23.5. The molecule has 0 aromatic heterocycles. The lowest BCUT2D eigenvalue weighted by molar-refractivity contribution is -0.141. The fourth-order valence-corrected chi connectivity index (χ4v) is 9.11. The topological polar surface area (TPSA) is 65.5 Å². The molecule has 10 heteroatoms. The Morgan fingerprint density at radius 3 is 2.00 bits per heavy atom. The molecular formula is C43H64Cl2N4O3S. The second-order valence-corrected chi connectivity index (χ2v) is 16.3. The Morgan fingerprint density at radius 1 is 0.906 bits per heavy atom. The van der Waals surface area contributed by atoms with Crippen molar-refractivity contribution in [1.29, 1.82) is 0 Å². The molecular weight excluding hydrogens is 723 g/mol. The number of carbonyl (C=O) groups is 2. The number of halogens is 2. The molecule has 4 aliphatic heterocycles. The molecule has 2 fully saturated rings. The minimum absolute atomic E-state index is 0.00803. The maximum Gasteiger partial charge on any atom is 0.263 e. The van der Waals surface area contributed by atoms with Crippen molar-refractivity contribution < 1.29 is 14.3 Å². The first-order valence-corrected chi connectivity index (χ1v) is 21.5. The Bertz CT molecular complexity index is 1550. The molecule has 0 bridgehead atoms. The summed E-state index contributed by atoms with van der Waals surface area (Å²) in [6.07, 6.45) is 3.55. The first-order valence-electron chi connectivity index (χ1n) is 19.9. The predicted molar refractivity (Wildman–Crippen MR) is 225 cm³/mol. The van der Waals surface area contributed by atoms with E-state index in [1.165, 1.54) is 11.8 Å². The third kappa shape index (κ3) is 10.4. The average Bonchev–Trinajstić information content (AvgIpc) is 3.94. The number of ether oxygens (including phenoxy) is 1. The predicted octanol–water partition coefficient (Wildman–Crippen LogP) is 11.6. The van der Waals surface area contributed by atoms with Crippen LogP contribution < -0.4 is 0 Å². The summed E-state index contributed by atoms with van der Waals surface area (Å²) in [6, 6.07) is 14.9. The molecule has 0 N–H and O–H groups in total. The van der Waals surface area contributed by atoms with E-state index in [1.807, 2.05) is 99.9 Å². The first kappa shape index (κ1) is 44.9. The highest BCUT2D eigenvalue weighted by molar-refractivity contribution is 8.18. The van der Waals surface area contributed by atoms with E-state index in [2.05, 4.69) is 46.4 Å². The number of rotatable bonds is 8. The van der Waals surface area contributed by atoms with Crippen LogP contribution in [0.5, 0.6) is 0 Å². The van der Waals surface area contributed by atoms with Crippen molar-refractivity contribution in [2.24, 2.45) is 16.8 Å². The number of likely N-dealkylation sites (tertiary alicyclic amines) is 2. The molecule has 4 aliphatic rings. The highest BCUT2D eigenvalue weighted by Gasteiger charge is 2.50. The molecule has 0 aliphatic carbocycles. The summed E-state index contributed by atoms with van der Waals surface area (Å²) in [5.41, 5.74) is 2.80. The molecule has 7 nitrogen and oxygen atoms in total. The van der Waals surface area contributed by atoms with E-state index in [-0.39, 0.29) is 41.5 Å². The molecule has 4 heterocycles. The lowest BCUT2D eigenvalue weighted by atomic mass is 9.92. The van der Waals surface area contributed by atoms with Crippen LogP contribution in [0.2, 0.25) is 10.0 Å². The fraction of sp³-hybridized carbons (Fsp3) is 0.605. The number of fused-ring (bicyclic) bond motifs is 1. The number of amidine groups is 1. The van der Waals surface area contributed by atoms with Gasteiger partial charge in [-0.05, 0) is 93.1 Å². The highest BCUT2D eigenvalue weighted by atomic mass is 35.5. The zero-order chi connectivity index (χ0) is 39.6. The van der Waals surface area contributed by atoms with Crippen LogP contribution >= 0.6 is 35.0 Å². The number of carbonyl (C=O) groups excluding carboxylic acids is 2. The number of thioether (sulfide) groups is 1. The van der Waals surface area contributed by atoms with E-state index in [0.717, 1.165) is 41.3 Å². The van der Waals surface area contributed by atoms with Gasteiger partial charge in [-0.3, -0.25) is 14.6 Å². The molecule has 0 saturated carbocycles. The van der Waals surface area contributed by atoms with Gasteiger partial charge in [0.05, 0.1) is 17.7 Å². The van der Waals surface area contributed by atoms with Crippen LogP contribution in [0.15, 0.2) is 64.1 Å². The van der Waals surface area contributed by atoms with Gasteiger partial charge in [-0.15, -0.1) is 0 Å². The summed E-state index contributed by atoms with van der Waals surface area (Å²) < 4.78 is 6.43. The van der Waals surface area contributed by atoms with Crippen LogP contribution in [0.3, 0.4) is 0 Å². The maximum atomic E-state index is 14.6. The number of allylic oxidation sites excluding steroid dienone is 1. The minimum atomic E-state index is -0.467. The molecule has 294 valence electrons. The number of benzene rings is 2.